The molecule has 0 bridgehead atoms. The van der Waals surface area contributed by atoms with Crippen molar-refractivity contribution in [3.8, 4) is 0 Å². The summed E-state index contributed by atoms with van der Waals surface area (Å²) in [5.74, 6) is -2.44. The van der Waals surface area contributed by atoms with Gasteiger partial charge in [0, 0.05) is 0 Å². The first-order valence-electron chi connectivity index (χ1n) is 4.05. The lowest BCUT2D eigenvalue weighted by molar-refractivity contribution is 0.101. The van der Waals surface area contributed by atoms with E-state index >= 15 is 0 Å². The van der Waals surface area contributed by atoms with Crippen LogP contribution in [0.3, 0.4) is 0 Å². The molecule has 1 aromatic rings. The summed E-state index contributed by atoms with van der Waals surface area (Å²) in [6, 6.07) is 2.48. The number of halogens is 2. The molecule has 0 amide bonds. The van der Waals surface area contributed by atoms with Gasteiger partial charge in [0.2, 0.25) is 0 Å². The molecule has 0 atom stereocenters. The van der Waals surface area contributed by atoms with Crippen molar-refractivity contribution in [1.29, 1.82) is 0 Å². The van der Waals surface area contributed by atoms with E-state index in [0.717, 1.165) is 6.07 Å². The van der Waals surface area contributed by atoms with Gasteiger partial charge in [0.1, 0.15) is 0 Å². The number of hydrogen-bond donors (Lipinski definition) is 0. The molecule has 0 aromatic heterocycles. The van der Waals surface area contributed by atoms with E-state index in [4.69, 9.17) is 0 Å². The van der Waals surface area contributed by atoms with Crippen molar-refractivity contribution < 1.29 is 13.6 Å². The standard InChI is InChI=1S/C10H10F2O/c1-3-7-4-5-8(11)10(12)9(7)6(2)13/h4-5H,3H2,1-2H3. The maximum atomic E-state index is 13.1. The minimum Gasteiger partial charge on any atom is -0.294 e. The molecule has 0 radical (unpaired) electrons. The predicted octanol–water partition coefficient (Wildman–Crippen LogP) is 2.73. The molecule has 70 valence electrons. The first kappa shape index (κ1) is 9.84. The Bertz CT molecular complexity index is 345. The number of ketones is 1. The number of Topliss-reactive ketones (excluding diaryl/α,β-unsaturated/α-hetero) is 1. The summed E-state index contributed by atoms with van der Waals surface area (Å²) in [5.41, 5.74) is 0.425. The van der Waals surface area contributed by atoms with E-state index in [9.17, 15) is 13.6 Å². The predicted molar refractivity (Wildman–Crippen MR) is 45.7 cm³/mol. The number of carbonyl (C=O) groups excluding carboxylic acids is 1. The van der Waals surface area contributed by atoms with Crippen molar-refractivity contribution in [3.05, 3.63) is 34.9 Å². The van der Waals surface area contributed by atoms with Gasteiger partial charge in [0.05, 0.1) is 5.56 Å². The van der Waals surface area contributed by atoms with Crippen LogP contribution in [0.2, 0.25) is 0 Å². The van der Waals surface area contributed by atoms with E-state index in [2.05, 4.69) is 0 Å². The third-order valence-corrected chi connectivity index (χ3v) is 1.91. The van der Waals surface area contributed by atoms with Crippen LogP contribution in [0.5, 0.6) is 0 Å². The molecule has 0 fully saturated rings. The lowest BCUT2D eigenvalue weighted by Gasteiger charge is -2.05. The van der Waals surface area contributed by atoms with Gasteiger partial charge in [-0.3, -0.25) is 4.79 Å². The van der Waals surface area contributed by atoms with Crippen LogP contribution in [-0.2, 0) is 6.42 Å². The number of aryl methyl sites for hydroxylation is 1. The van der Waals surface area contributed by atoms with Gasteiger partial charge in [0.25, 0.3) is 0 Å². The number of carbonyl (C=O) groups is 1. The van der Waals surface area contributed by atoms with E-state index in [1.165, 1.54) is 13.0 Å². The highest BCUT2D eigenvalue weighted by atomic mass is 19.2. The summed E-state index contributed by atoms with van der Waals surface area (Å²) < 4.78 is 25.8. The fourth-order valence-electron chi connectivity index (χ4n) is 1.27. The highest BCUT2D eigenvalue weighted by Gasteiger charge is 2.15. The second kappa shape index (κ2) is 3.64. The molecule has 0 saturated heterocycles. The van der Waals surface area contributed by atoms with Crippen molar-refractivity contribution in [3.63, 3.8) is 0 Å². The summed E-state index contributed by atoms with van der Waals surface area (Å²) in [6.45, 7) is 3.02. The van der Waals surface area contributed by atoms with Gasteiger partial charge in [-0.15, -0.1) is 0 Å². The smallest absolute Gasteiger partial charge is 0.169 e. The molecular weight excluding hydrogens is 174 g/mol. The second-order valence-electron chi connectivity index (χ2n) is 2.81. The zero-order valence-electron chi connectivity index (χ0n) is 7.53. The molecule has 0 N–H and O–H groups in total. The summed E-state index contributed by atoms with van der Waals surface area (Å²) in [7, 11) is 0. The molecule has 1 nitrogen and oxygen atoms in total. The molecule has 1 aromatic carbocycles. The Hall–Kier alpha value is -1.25. The molecule has 0 heterocycles. The Labute approximate surface area is 75.4 Å². The molecule has 1 rings (SSSR count). The van der Waals surface area contributed by atoms with E-state index < -0.39 is 17.4 Å². The minimum atomic E-state index is -1.04. The molecule has 0 saturated carbocycles. The fourth-order valence-corrected chi connectivity index (χ4v) is 1.27. The third-order valence-electron chi connectivity index (χ3n) is 1.91. The molecule has 0 aliphatic rings. The van der Waals surface area contributed by atoms with Crippen LogP contribution in [0, 0.1) is 11.6 Å². The van der Waals surface area contributed by atoms with Crippen molar-refractivity contribution in [2.45, 2.75) is 20.3 Å². The van der Waals surface area contributed by atoms with Crippen LogP contribution in [0.15, 0.2) is 12.1 Å². The first-order chi connectivity index (χ1) is 6.07. The third kappa shape index (κ3) is 1.74. The Kier molecular flexibility index (Phi) is 2.76. The van der Waals surface area contributed by atoms with Gasteiger partial charge in [-0.2, -0.15) is 0 Å². The molecule has 0 aliphatic carbocycles. The largest absolute Gasteiger partial charge is 0.294 e. The Morgan fingerprint density at radius 1 is 1.38 bits per heavy atom. The highest BCUT2D eigenvalue weighted by Crippen LogP contribution is 2.17. The molecule has 0 aliphatic heterocycles. The molecule has 3 heteroatoms. The van der Waals surface area contributed by atoms with Crippen LogP contribution in [-0.4, -0.2) is 5.78 Å². The summed E-state index contributed by atoms with van der Waals surface area (Å²) in [5, 5.41) is 0. The average Bonchev–Trinajstić information content (AvgIpc) is 2.08. The van der Waals surface area contributed by atoms with Gasteiger partial charge in [-0.25, -0.2) is 8.78 Å². The molecule has 0 spiro atoms. The summed E-state index contributed by atoms with van der Waals surface area (Å²) in [6.07, 6.45) is 0.520. The van der Waals surface area contributed by atoms with Crippen molar-refractivity contribution in [1.82, 2.24) is 0 Å². The highest BCUT2D eigenvalue weighted by molar-refractivity contribution is 5.95. The van der Waals surface area contributed by atoms with Crippen molar-refractivity contribution in [2.24, 2.45) is 0 Å². The maximum absolute atomic E-state index is 13.1. The van der Waals surface area contributed by atoms with Crippen molar-refractivity contribution >= 4 is 5.78 Å². The van der Waals surface area contributed by atoms with Crippen LogP contribution in [0.1, 0.15) is 29.8 Å². The van der Waals surface area contributed by atoms with E-state index in [1.807, 2.05) is 0 Å². The minimum absolute atomic E-state index is 0.123. The zero-order valence-corrected chi connectivity index (χ0v) is 7.53. The maximum Gasteiger partial charge on any atom is 0.169 e. The lowest BCUT2D eigenvalue weighted by Crippen LogP contribution is -2.04. The fraction of sp³-hybridized carbons (Fsp3) is 0.300. The zero-order chi connectivity index (χ0) is 10.0. The summed E-state index contributed by atoms with van der Waals surface area (Å²) in [4.78, 5) is 11.0. The van der Waals surface area contributed by atoms with Crippen LogP contribution >= 0.6 is 0 Å². The Balaban J connectivity index is 3.41. The molecular formula is C10H10F2O. The quantitative estimate of drug-likeness (QED) is 0.646. The SMILES string of the molecule is CCc1ccc(F)c(F)c1C(C)=O. The van der Waals surface area contributed by atoms with E-state index in [0.29, 0.717) is 12.0 Å². The monoisotopic (exact) mass is 184 g/mol. The molecule has 0 unspecified atom stereocenters. The van der Waals surface area contributed by atoms with Crippen LogP contribution < -0.4 is 0 Å². The topological polar surface area (TPSA) is 17.1 Å². The normalized spacial score (nSPS) is 10.2. The van der Waals surface area contributed by atoms with E-state index in [1.54, 1.807) is 6.92 Å². The van der Waals surface area contributed by atoms with E-state index in [-0.39, 0.29) is 5.56 Å². The Morgan fingerprint density at radius 2 is 2.00 bits per heavy atom. The number of rotatable bonds is 2. The first-order valence-corrected chi connectivity index (χ1v) is 4.05. The lowest BCUT2D eigenvalue weighted by atomic mass is 10.0. The number of benzene rings is 1. The van der Waals surface area contributed by atoms with Crippen molar-refractivity contribution in [2.75, 3.05) is 0 Å². The van der Waals surface area contributed by atoms with Gasteiger partial charge in [0.15, 0.2) is 17.4 Å². The molecule has 13 heavy (non-hydrogen) atoms. The van der Waals surface area contributed by atoms with Crippen LogP contribution in [0.4, 0.5) is 8.78 Å². The average molecular weight is 184 g/mol. The second-order valence-corrected chi connectivity index (χ2v) is 2.81. The number of hydrogen-bond acceptors (Lipinski definition) is 1. The van der Waals surface area contributed by atoms with Gasteiger partial charge >= 0.3 is 0 Å². The van der Waals surface area contributed by atoms with Crippen LogP contribution in [0.25, 0.3) is 0 Å². The summed E-state index contributed by atoms with van der Waals surface area (Å²) >= 11 is 0. The van der Waals surface area contributed by atoms with Gasteiger partial charge < -0.3 is 0 Å². The van der Waals surface area contributed by atoms with Gasteiger partial charge in [-0.1, -0.05) is 13.0 Å². The Morgan fingerprint density at radius 3 is 2.46 bits per heavy atom. The van der Waals surface area contributed by atoms with Gasteiger partial charge in [-0.05, 0) is 25.0 Å².